The van der Waals surface area contributed by atoms with E-state index in [2.05, 4.69) is 86.5 Å². The highest BCUT2D eigenvalue weighted by Gasteiger charge is 2.07. The number of fused-ring (bicyclic) bond motifs is 3. The van der Waals surface area contributed by atoms with Gasteiger partial charge in [-0.05, 0) is 28.5 Å². The van der Waals surface area contributed by atoms with Crippen LogP contribution in [0.4, 0.5) is 0 Å². The molecule has 1 aliphatic rings. The van der Waals surface area contributed by atoms with Gasteiger partial charge < -0.3 is 16.0 Å². The summed E-state index contributed by atoms with van der Waals surface area (Å²) >= 11 is 0. The number of aromatic nitrogens is 1. The summed E-state index contributed by atoms with van der Waals surface area (Å²) < 4.78 is 0. The summed E-state index contributed by atoms with van der Waals surface area (Å²) in [6.07, 6.45) is 0. The van der Waals surface area contributed by atoms with Crippen molar-refractivity contribution in [3.63, 3.8) is 0 Å². The maximum Gasteiger partial charge on any atom is 0.0545 e. The molecule has 5 nitrogen and oxygen atoms in total. The lowest BCUT2D eigenvalue weighted by molar-refractivity contribution is 0.270. The Hall–Kier alpha value is -2.02. The average Bonchev–Trinajstić information content (AvgIpc) is 2.76. The summed E-state index contributed by atoms with van der Waals surface area (Å²) in [5.74, 6) is 0. The molecule has 2 bridgehead atoms. The van der Waals surface area contributed by atoms with Crippen molar-refractivity contribution in [3.05, 3.63) is 77.6 Å². The van der Waals surface area contributed by atoms with Crippen LogP contribution < -0.4 is 16.0 Å². The van der Waals surface area contributed by atoms with Gasteiger partial charge in [0, 0.05) is 58.9 Å². The second kappa shape index (κ2) is 12.0. The second-order valence-corrected chi connectivity index (χ2v) is 7.63. The summed E-state index contributed by atoms with van der Waals surface area (Å²) in [7, 11) is 0. The van der Waals surface area contributed by atoms with Crippen molar-refractivity contribution in [3.8, 4) is 0 Å². The number of hydrogen-bond acceptors (Lipinski definition) is 5. The Morgan fingerprint density at radius 1 is 0.833 bits per heavy atom. The number of nitrogens with zero attached hydrogens (tertiary/aromatic N) is 2. The van der Waals surface area contributed by atoms with Crippen molar-refractivity contribution in [2.45, 2.75) is 19.6 Å². The summed E-state index contributed by atoms with van der Waals surface area (Å²) in [5.41, 5.74) is 3.61. The Morgan fingerprint density at radius 2 is 1.50 bits per heavy atom. The van der Waals surface area contributed by atoms with Gasteiger partial charge in [-0.25, -0.2) is 0 Å². The Kier molecular flexibility index (Phi) is 9.05. The summed E-state index contributed by atoms with van der Waals surface area (Å²) in [6.45, 7) is 8.69. The quantitative estimate of drug-likeness (QED) is 0.549. The van der Waals surface area contributed by atoms with Crippen molar-refractivity contribution < 1.29 is 0 Å². The second-order valence-electron chi connectivity index (χ2n) is 7.63. The van der Waals surface area contributed by atoms with Crippen LogP contribution >= 0.6 is 12.4 Å². The maximum absolute atomic E-state index is 4.69. The highest BCUT2D eigenvalue weighted by Crippen LogP contribution is 2.18. The van der Waals surface area contributed by atoms with E-state index >= 15 is 0 Å². The number of pyridine rings is 1. The average molecular weight is 426 g/mol. The third kappa shape index (κ3) is 6.49. The van der Waals surface area contributed by atoms with Crippen LogP contribution in [0.5, 0.6) is 0 Å². The van der Waals surface area contributed by atoms with Gasteiger partial charge in [0.05, 0.1) is 11.4 Å². The molecule has 3 N–H and O–H groups in total. The lowest BCUT2D eigenvalue weighted by Crippen LogP contribution is -2.40. The molecular weight excluding hydrogens is 394 g/mol. The van der Waals surface area contributed by atoms with Crippen molar-refractivity contribution in [2.24, 2.45) is 0 Å². The minimum atomic E-state index is 0. The smallest absolute Gasteiger partial charge is 0.0545 e. The highest BCUT2D eigenvalue weighted by molar-refractivity contribution is 5.85. The molecule has 1 aliphatic heterocycles. The largest absolute Gasteiger partial charge is 0.311 e. The summed E-state index contributed by atoms with van der Waals surface area (Å²) in [6, 6.07) is 21.5. The molecule has 0 aliphatic carbocycles. The predicted octanol–water partition coefficient (Wildman–Crippen LogP) is 2.94. The van der Waals surface area contributed by atoms with E-state index in [-0.39, 0.29) is 12.4 Å². The summed E-state index contributed by atoms with van der Waals surface area (Å²) in [5, 5.41) is 13.4. The van der Waals surface area contributed by atoms with E-state index in [0.29, 0.717) is 0 Å². The molecule has 0 amide bonds. The molecule has 0 spiro atoms. The van der Waals surface area contributed by atoms with Crippen LogP contribution in [0.3, 0.4) is 0 Å². The normalized spacial score (nSPS) is 15.7. The Labute approximate surface area is 185 Å². The summed E-state index contributed by atoms with van der Waals surface area (Å²) in [4.78, 5) is 7.21. The van der Waals surface area contributed by atoms with Gasteiger partial charge in [-0.1, -0.05) is 48.5 Å². The molecule has 160 valence electrons. The van der Waals surface area contributed by atoms with Crippen LogP contribution in [0.1, 0.15) is 17.0 Å². The fraction of sp³-hybridized carbons (Fsp3) is 0.375. The monoisotopic (exact) mass is 425 g/mol. The minimum absolute atomic E-state index is 0. The molecule has 3 aromatic rings. The van der Waals surface area contributed by atoms with Crippen molar-refractivity contribution >= 4 is 23.2 Å². The van der Waals surface area contributed by atoms with Gasteiger partial charge in [-0.2, -0.15) is 0 Å². The molecule has 0 atom stereocenters. The first-order chi connectivity index (χ1) is 14.4. The van der Waals surface area contributed by atoms with Gasteiger partial charge in [0.25, 0.3) is 0 Å². The van der Waals surface area contributed by atoms with Crippen LogP contribution in [0.2, 0.25) is 0 Å². The van der Waals surface area contributed by atoms with Crippen LogP contribution in [-0.4, -0.2) is 49.2 Å². The maximum atomic E-state index is 4.69. The fourth-order valence-corrected chi connectivity index (χ4v) is 3.88. The Bertz CT molecular complexity index is 884. The van der Waals surface area contributed by atoms with Crippen LogP contribution in [-0.2, 0) is 19.6 Å². The Balaban J connectivity index is 0.00000256. The molecular formula is C24H32ClN5. The topological polar surface area (TPSA) is 52.2 Å². The standard InChI is InChI=1S/C24H31N5.ClH/c1-2-10-24-20(5-1)6-3-7-21(24)17-25-11-14-29-15-12-26-18-22-8-4-9-23(28-22)19-27-13-16-29;/h1-10,25-27H,11-19H2;1H. The third-order valence-electron chi connectivity index (χ3n) is 5.49. The first kappa shape index (κ1) is 22.7. The minimum Gasteiger partial charge on any atom is -0.311 e. The van der Waals surface area contributed by atoms with Crippen LogP contribution in [0, 0.1) is 0 Å². The van der Waals surface area contributed by atoms with Gasteiger partial charge >= 0.3 is 0 Å². The molecule has 2 heterocycles. The molecule has 0 saturated carbocycles. The molecule has 4 rings (SSSR count). The molecule has 2 aromatic carbocycles. The van der Waals surface area contributed by atoms with Crippen molar-refractivity contribution in [2.75, 3.05) is 39.3 Å². The first-order valence-corrected chi connectivity index (χ1v) is 10.6. The zero-order chi connectivity index (χ0) is 19.7. The van der Waals surface area contributed by atoms with Crippen molar-refractivity contribution in [1.82, 2.24) is 25.8 Å². The predicted molar refractivity (Wildman–Crippen MR) is 127 cm³/mol. The van der Waals surface area contributed by atoms with Gasteiger partial charge in [0.2, 0.25) is 0 Å². The number of hydrogen-bond donors (Lipinski definition) is 3. The number of nitrogens with one attached hydrogen (secondary N) is 3. The van der Waals surface area contributed by atoms with E-state index in [4.69, 9.17) is 0 Å². The lowest BCUT2D eigenvalue weighted by Gasteiger charge is -2.23. The third-order valence-corrected chi connectivity index (χ3v) is 5.49. The zero-order valence-corrected chi connectivity index (χ0v) is 18.3. The molecule has 30 heavy (non-hydrogen) atoms. The lowest BCUT2D eigenvalue weighted by atomic mass is 10.0. The van der Waals surface area contributed by atoms with Gasteiger partial charge in [-0.3, -0.25) is 9.88 Å². The molecule has 0 saturated heterocycles. The van der Waals surface area contributed by atoms with E-state index in [1.54, 1.807) is 0 Å². The van der Waals surface area contributed by atoms with Gasteiger partial charge in [-0.15, -0.1) is 12.4 Å². The zero-order valence-electron chi connectivity index (χ0n) is 17.4. The number of halogens is 1. The fourth-order valence-electron chi connectivity index (χ4n) is 3.88. The molecule has 0 fully saturated rings. The van der Waals surface area contributed by atoms with Crippen molar-refractivity contribution in [1.29, 1.82) is 0 Å². The number of benzene rings is 2. The molecule has 0 radical (unpaired) electrons. The van der Waals surface area contributed by atoms with E-state index in [9.17, 15) is 0 Å². The highest BCUT2D eigenvalue weighted by atomic mass is 35.5. The molecule has 1 aromatic heterocycles. The number of rotatable bonds is 5. The first-order valence-electron chi connectivity index (χ1n) is 10.6. The molecule has 6 heteroatoms. The van der Waals surface area contributed by atoms with Crippen LogP contribution in [0.25, 0.3) is 10.8 Å². The van der Waals surface area contributed by atoms with E-state index in [1.807, 2.05) is 0 Å². The van der Waals surface area contributed by atoms with Gasteiger partial charge in [0.1, 0.15) is 0 Å². The molecule has 0 unspecified atom stereocenters. The van der Waals surface area contributed by atoms with Gasteiger partial charge in [0.15, 0.2) is 0 Å². The Morgan fingerprint density at radius 3 is 2.27 bits per heavy atom. The van der Waals surface area contributed by atoms with Crippen LogP contribution in [0.15, 0.2) is 60.7 Å². The van der Waals surface area contributed by atoms with E-state index < -0.39 is 0 Å². The van der Waals surface area contributed by atoms with E-state index in [1.165, 1.54) is 16.3 Å². The van der Waals surface area contributed by atoms with E-state index in [0.717, 1.165) is 70.3 Å². The SMILES string of the molecule is Cl.c1cc2nc(c1)CNCCN(CCNCc1cccc3ccccc13)CCNC2.